The average molecular weight is 323 g/mol. The SMILES string of the molecule is Cc1cc(-c2c(C)cccc2F)c(F)c([C@@H](N)CC(=O)O)c1F. The van der Waals surface area contributed by atoms with E-state index >= 15 is 0 Å². The minimum absolute atomic E-state index is 0.0110. The van der Waals surface area contributed by atoms with Crippen molar-refractivity contribution in [3.05, 3.63) is 58.4 Å². The quantitative estimate of drug-likeness (QED) is 0.898. The summed E-state index contributed by atoms with van der Waals surface area (Å²) in [5, 5.41) is 8.79. The molecule has 122 valence electrons. The molecule has 0 aliphatic heterocycles. The summed E-state index contributed by atoms with van der Waals surface area (Å²) in [7, 11) is 0. The van der Waals surface area contributed by atoms with Crippen LogP contribution in [0.5, 0.6) is 0 Å². The van der Waals surface area contributed by atoms with Crippen LogP contribution in [-0.4, -0.2) is 11.1 Å². The highest BCUT2D eigenvalue weighted by atomic mass is 19.1. The highest BCUT2D eigenvalue weighted by Crippen LogP contribution is 2.35. The first-order valence-electron chi connectivity index (χ1n) is 6.95. The zero-order valence-electron chi connectivity index (χ0n) is 12.7. The number of aliphatic carboxylic acids is 1. The summed E-state index contributed by atoms with van der Waals surface area (Å²) in [5.41, 5.74) is 5.53. The highest BCUT2D eigenvalue weighted by Gasteiger charge is 2.25. The van der Waals surface area contributed by atoms with Gasteiger partial charge in [-0.2, -0.15) is 0 Å². The van der Waals surface area contributed by atoms with Crippen LogP contribution in [0.15, 0.2) is 24.3 Å². The van der Waals surface area contributed by atoms with Crippen LogP contribution in [0.1, 0.15) is 29.2 Å². The van der Waals surface area contributed by atoms with E-state index in [9.17, 15) is 18.0 Å². The molecule has 0 aliphatic carbocycles. The lowest BCUT2D eigenvalue weighted by atomic mass is 9.92. The van der Waals surface area contributed by atoms with E-state index in [2.05, 4.69) is 0 Å². The monoisotopic (exact) mass is 323 g/mol. The van der Waals surface area contributed by atoms with E-state index in [1.165, 1.54) is 25.1 Å². The first-order valence-corrected chi connectivity index (χ1v) is 6.95. The minimum atomic E-state index is -1.36. The zero-order chi connectivity index (χ0) is 17.3. The van der Waals surface area contributed by atoms with Crippen molar-refractivity contribution in [1.82, 2.24) is 0 Å². The van der Waals surface area contributed by atoms with Crippen molar-refractivity contribution in [3.63, 3.8) is 0 Å². The first-order chi connectivity index (χ1) is 10.7. The summed E-state index contributed by atoms with van der Waals surface area (Å²) in [5.74, 6) is -3.86. The van der Waals surface area contributed by atoms with Gasteiger partial charge in [0.25, 0.3) is 0 Å². The fraction of sp³-hybridized carbons (Fsp3) is 0.235. The van der Waals surface area contributed by atoms with E-state index in [1.807, 2.05) is 0 Å². The molecule has 6 heteroatoms. The Morgan fingerprint density at radius 1 is 1.17 bits per heavy atom. The van der Waals surface area contributed by atoms with Gasteiger partial charge in [-0.15, -0.1) is 0 Å². The summed E-state index contributed by atoms with van der Waals surface area (Å²) >= 11 is 0. The molecule has 2 rings (SSSR count). The fourth-order valence-corrected chi connectivity index (χ4v) is 2.57. The molecule has 1 atom stereocenters. The number of rotatable bonds is 4. The van der Waals surface area contributed by atoms with Gasteiger partial charge in [-0.1, -0.05) is 12.1 Å². The molecule has 0 saturated carbocycles. The second kappa shape index (κ2) is 6.42. The molecule has 0 radical (unpaired) electrons. The maximum atomic E-state index is 14.8. The van der Waals surface area contributed by atoms with E-state index in [-0.39, 0.29) is 16.7 Å². The lowest BCUT2D eigenvalue weighted by molar-refractivity contribution is -0.137. The largest absolute Gasteiger partial charge is 0.481 e. The summed E-state index contributed by atoms with van der Waals surface area (Å²) < 4.78 is 43.1. The van der Waals surface area contributed by atoms with Crippen molar-refractivity contribution in [2.45, 2.75) is 26.3 Å². The molecule has 23 heavy (non-hydrogen) atoms. The third kappa shape index (κ3) is 3.22. The molecule has 0 bridgehead atoms. The molecule has 2 aromatic carbocycles. The van der Waals surface area contributed by atoms with Crippen LogP contribution in [0.4, 0.5) is 13.2 Å². The molecule has 2 aromatic rings. The number of benzene rings is 2. The molecule has 0 saturated heterocycles. The number of nitrogens with two attached hydrogens (primary N) is 1. The molecular weight excluding hydrogens is 307 g/mol. The summed E-state index contributed by atoms with van der Waals surface area (Å²) in [6, 6.07) is 4.11. The molecule has 3 nitrogen and oxygen atoms in total. The van der Waals surface area contributed by atoms with Crippen LogP contribution in [0.2, 0.25) is 0 Å². The molecular formula is C17H16F3NO2. The van der Waals surface area contributed by atoms with Crippen molar-refractivity contribution < 1.29 is 23.1 Å². The molecule has 0 unspecified atom stereocenters. The number of halogens is 3. The van der Waals surface area contributed by atoms with Gasteiger partial charge >= 0.3 is 5.97 Å². The summed E-state index contributed by atoms with van der Waals surface area (Å²) in [4.78, 5) is 10.8. The van der Waals surface area contributed by atoms with Gasteiger partial charge in [-0.25, -0.2) is 13.2 Å². The van der Waals surface area contributed by atoms with Gasteiger partial charge in [-0.05, 0) is 37.1 Å². The predicted octanol–water partition coefficient (Wildman–Crippen LogP) is 3.86. The molecule has 0 aliphatic rings. The van der Waals surface area contributed by atoms with Crippen LogP contribution in [0, 0.1) is 31.3 Å². The second-order valence-corrected chi connectivity index (χ2v) is 5.42. The van der Waals surface area contributed by atoms with Crippen molar-refractivity contribution in [1.29, 1.82) is 0 Å². The number of hydrogen-bond acceptors (Lipinski definition) is 2. The number of aryl methyl sites for hydroxylation is 2. The Labute approximate surface area is 131 Å². The van der Waals surface area contributed by atoms with Gasteiger partial charge in [-0.3, -0.25) is 4.79 Å². The zero-order valence-corrected chi connectivity index (χ0v) is 12.7. The number of carboxylic acids is 1. The smallest absolute Gasteiger partial charge is 0.305 e. The van der Waals surface area contributed by atoms with Crippen LogP contribution < -0.4 is 5.73 Å². The third-order valence-corrected chi connectivity index (χ3v) is 3.67. The van der Waals surface area contributed by atoms with Crippen LogP contribution >= 0.6 is 0 Å². The first kappa shape index (κ1) is 17.0. The summed E-state index contributed by atoms with van der Waals surface area (Å²) in [6.45, 7) is 3.00. The number of hydrogen-bond donors (Lipinski definition) is 2. The van der Waals surface area contributed by atoms with Gasteiger partial charge in [0, 0.05) is 22.7 Å². The molecule has 0 fully saturated rings. The second-order valence-electron chi connectivity index (χ2n) is 5.42. The van der Waals surface area contributed by atoms with Crippen molar-refractivity contribution in [2.24, 2.45) is 5.73 Å². The van der Waals surface area contributed by atoms with E-state index in [4.69, 9.17) is 10.8 Å². The van der Waals surface area contributed by atoms with E-state index in [0.717, 1.165) is 0 Å². The van der Waals surface area contributed by atoms with Crippen molar-refractivity contribution in [2.75, 3.05) is 0 Å². The normalized spacial score (nSPS) is 12.3. The molecule has 0 spiro atoms. The Hall–Kier alpha value is -2.34. The number of carboxylic acid groups (broad SMARTS) is 1. The van der Waals surface area contributed by atoms with E-state index < -0.39 is 41.4 Å². The predicted molar refractivity (Wildman–Crippen MR) is 80.4 cm³/mol. The van der Waals surface area contributed by atoms with Crippen LogP contribution in [0.3, 0.4) is 0 Å². The topological polar surface area (TPSA) is 63.3 Å². The van der Waals surface area contributed by atoms with Gasteiger partial charge in [0.1, 0.15) is 17.5 Å². The Bertz CT molecular complexity index is 755. The van der Waals surface area contributed by atoms with Gasteiger partial charge in [0.15, 0.2) is 0 Å². The van der Waals surface area contributed by atoms with Gasteiger partial charge in [0.2, 0.25) is 0 Å². The number of carbonyl (C=O) groups is 1. The Kier molecular flexibility index (Phi) is 4.75. The van der Waals surface area contributed by atoms with Crippen LogP contribution in [0.25, 0.3) is 11.1 Å². The molecule has 3 N–H and O–H groups in total. The fourth-order valence-electron chi connectivity index (χ4n) is 2.57. The van der Waals surface area contributed by atoms with E-state index in [1.54, 1.807) is 13.0 Å². The van der Waals surface area contributed by atoms with Gasteiger partial charge in [0.05, 0.1) is 6.42 Å². The Balaban J connectivity index is 2.73. The molecule has 0 aromatic heterocycles. The van der Waals surface area contributed by atoms with E-state index in [0.29, 0.717) is 5.56 Å². The molecule has 0 heterocycles. The average Bonchev–Trinajstić information content (AvgIpc) is 2.43. The maximum absolute atomic E-state index is 14.8. The lowest BCUT2D eigenvalue weighted by Gasteiger charge is -2.18. The lowest BCUT2D eigenvalue weighted by Crippen LogP contribution is -2.19. The molecule has 0 amide bonds. The highest BCUT2D eigenvalue weighted by molar-refractivity contribution is 5.72. The standard InChI is InChI=1S/C17H16F3NO2/c1-8-4-3-5-11(18)14(8)10-6-9(2)16(19)15(17(10)20)12(21)7-13(22)23/h3-6,12H,7,21H2,1-2H3,(H,22,23)/t12-/m0/s1. The Morgan fingerprint density at radius 2 is 1.83 bits per heavy atom. The third-order valence-electron chi connectivity index (χ3n) is 3.67. The van der Waals surface area contributed by atoms with Crippen molar-refractivity contribution in [3.8, 4) is 11.1 Å². The van der Waals surface area contributed by atoms with Gasteiger partial charge < -0.3 is 10.8 Å². The van der Waals surface area contributed by atoms with Crippen LogP contribution in [-0.2, 0) is 4.79 Å². The minimum Gasteiger partial charge on any atom is -0.481 e. The van der Waals surface area contributed by atoms with Crippen molar-refractivity contribution >= 4 is 5.97 Å². The Morgan fingerprint density at radius 3 is 2.39 bits per heavy atom. The maximum Gasteiger partial charge on any atom is 0.305 e. The summed E-state index contributed by atoms with van der Waals surface area (Å²) in [6.07, 6.45) is -0.632.